The molecule has 3 atom stereocenters. The number of carbonyl (C=O) groups is 1. The van der Waals surface area contributed by atoms with Gasteiger partial charge in [-0.1, -0.05) is 32.0 Å². The normalized spacial score (nSPS) is 30.0. The molecule has 1 aromatic rings. The summed E-state index contributed by atoms with van der Waals surface area (Å²) < 4.78 is 32.0. The Hall–Kier alpha value is -1.40. The number of sulfone groups is 1. The van der Waals surface area contributed by atoms with Crippen molar-refractivity contribution in [3.05, 3.63) is 30.3 Å². The van der Waals surface area contributed by atoms with Crippen LogP contribution >= 0.6 is 0 Å². The molecule has 2 fully saturated rings. The molecule has 0 saturated carbocycles. The molecule has 23 heavy (non-hydrogen) atoms. The van der Waals surface area contributed by atoms with Crippen LogP contribution < -0.4 is 0 Å². The maximum Gasteiger partial charge on any atom is 0.244 e. The summed E-state index contributed by atoms with van der Waals surface area (Å²) in [5.74, 6) is -0.538. The Morgan fingerprint density at radius 3 is 2.39 bits per heavy atom. The van der Waals surface area contributed by atoms with E-state index in [0.29, 0.717) is 6.61 Å². The zero-order valence-electron chi connectivity index (χ0n) is 13.9. The lowest BCUT2D eigenvalue weighted by Crippen LogP contribution is -2.46. The number of benzene rings is 1. The molecule has 0 unspecified atom stereocenters. The first-order valence-corrected chi connectivity index (χ1v) is 9.48. The number of ether oxygens (including phenoxy) is 1. The third-order valence-electron chi connectivity index (χ3n) is 4.97. The molecule has 5 nitrogen and oxygen atoms in total. The Kier molecular flexibility index (Phi) is 3.80. The second-order valence-corrected chi connectivity index (χ2v) is 9.20. The number of hydrogen-bond donors (Lipinski definition) is 0. The average molecular weight is 337 g/mol. The maximum atomic E-state index is 13.1. The van der Waals surface area contributed by atoms with Crippen molar-refractivity contribution in [1.29, 1.82) is 0 Å². The van der Waals surface area contributed by atoms with Gasteiger partial charge >= 0.3 is 0 Å². The molecule has 0 bridgehead atoms. The average Bonchev–Trinajstić information content (AvgIpc) is 2.96. The summed E-state index contributed by atoms with van der Waals surface area (Å²) >= 11 is 0. The monoisotopic (exact) mass is 337 g/mol. The minimum absolute atomic E-state index is 0.0648. The van der Waals surface area contributed by atoms with E-state index in [2.05, 4.69) is 0 Å². The first-order valence-electron chi connectivity index (χ1n) is 7.94. The fraction of sp³-hybridized carbons (Fsp3) is 0.588. The molecule has 0 radical (unpaired) electrons. The van der Waals surface area contributed by atoms with Gasteiger partial charge in [0.2, 0.25) is 5.91 Å². The minimum atomic E-state index is -3.72. The molecule has 2 saturated heterocycles. The van der Waals surface area contributed by atoms with Crippen molar-refractivity contribution in [1.82, 2.24) is 4.90 Å². The van der Waals surface area contributed by atoms with Crippen molar-refractivity contribution in [2.24, 2.45) is 11.8 Å². The van der Waals surface area contributed by atoms with E-state index in [9.17, 15) is 13.2 Å². The summed E-state index contributed by atoms with van der Waals surface area (Å²) in [5.41, 5.74) is -0.754. The molecule has 2 aliphatic heterocycles. The van der Waals surface area contributed by atoms with Crippen LogP contribution in [0.4, 0.5) is 0 Å². The Morgan fingerprint density at radius 2 is 1.83 bits per heavy atom. The second kappa shape index (κ2) is 5.31. The summed E-state index contributed by atoms with van der Waals surface area (Å²) in [6.45, 7) is 7.97. The molecule has 0 aliphatic carbocycles. The fourth-order valence-electron chi connectivity index (χ4n) is 3.94. The largest absolute Gasteiger partial charge is 0.354 e. The fourth-order valence-corrected chi connectivity index (χ4v) is 6.06. The van der Waals surface area contributed by atoms with E-state index in [-0.39, 0.29) is 28.7 Å². The highest BCUT2D eigenvalue weighted by Crippen LogP contribution is 2.45. The molecule has 126 valence electrons. The Morgan fingerprint density at radius 1 is 1.22 bits per heavy atom. The lowest BCUT2D eigenvalue weighted by Gasteiger charge is -2.29. The third-order valence-corrected chi connectivity index (χ3v) is 7.08. The van der Waals surface area contributed by atoms with Gasteiger partial charge in [0.15, 0.2) is 9.84 Å². The van der Waals surface area contributed by atoms with E-state index < -0.39 is 20.8 Å². The second-order valence-electron chi connectivity index (χ2n) is 7.13. The van der Waals surface area contributed by atoms with E-state index in [1.165, 1.54) is 0 Å². The standard InChI is InChI=1S/C17H23NO4S/c1-11(2)14-13-10-22-17(3,4)18(13)16(19)15(14)23(20,21)12-8-6-5-7-9-12/h5-9,11,13-15H,10H2,1-4H3/t13-,14-,15+/m1/s1. The number of amides is 1. The number of fused-ring (bicyclic) bond motifs is 1. The van der Waals surface area contributed by atoms with E-state index in [0.717, 1.165) is 0 Å². The molecular formula is C17H23NO4S. The first-order chi connectivity index (χ1) is 10.7. The van der Waals surface area contributed by atoms with Crippen LogP contribution in [0.15, 0.2) is 35.2 Å². The smallest absolute Gasteiger partial charge is 0.244 e. The van der Waals surface area contributed by atoms with Crippen LogP contribution in [-0.4, -0.2) is 42.8 Å². The Balaban J connectivity index is 2.10. The molecule has 0 spiro atoms. The molecule has 2 heterocycles. The van der Waals surface area contributed by atoms with Crippen LogP contribution in [0.5, 0.6) is 0 Å². The van der Waals surface area contributed by atoms with E-state index in [4.69, 9.17) is 4.74 Å². The lowest BCUT2D eigenvalue weighted by atomic mass is 9.89. The first kappa shape index (κ1) is 16.5. The zero-order chi connectivity index (χ0) is 17.0. The van der Waals surface area contributed by atoms with Gasteiger partial charge < -0.3 is 9.64 Å². The Labute approximate surface area is 137 Å². The molecule has 6 heteroatoms. The number of carbonyl (C=O) groups excluding carboxylic acids is 1. The van der Waals surface area contributed by atoms with Crippen LogP contribution in [-0.2, 0) is 19.4 Å². The van der Waals surface area contributed by atoms with Gasteiger partial charge in [-0.25, -0.2) is 8.42 Å². The van der Waals surface area contributed by atoms with Crippen molar-refractivity contribution in [3.8, 4) is 0 Å². The van der Waals surface area contributed by atoms with Crippen molar-refractivity contribution < 1.29 is 17.9 Å². The highest BCUT2D eigenvalue weighted by atomic mass is 32.2. The van der Waals surface area contributed by atoms with Crippen molar-refractivity contribution in [3.63, 3.8) is 0 Å². The minimum Gasteiger partial charge on any atom is -0.354 e. The zero-order valence-corrected chi connectivity index (χ0v) is 14.7. The molecular weight excluding hydrogens is 314 g/mol. The van der Waals surface area contributed by atoms with Crippen LogP contribution in [0, 0.1) is 11.8 Å². The summed E-state index contributed by atoms with van der Waals surface area (Å²) in [7, 11) is -3.72. The molecule has 1 amide bonds. The van der Waals surface area contributed by atoms with Crippen molar-refractivity contribution >= 4 is 15.7 Å². The highest BCUT2D eigenvalue weighted by Gasteiger charge is 2.61. The number of rotatable bonds is 3. The topological polar surface area (TPSA) is 63.7 Å². The van der Waals surface area contributed by atoms with Crippen LogP contribution in [0.2, 0.25) is 0 Å². The predicted octanol–water partition coefficient (Wildman–Crippen LogP) is 2.08. The number of hydrogen-bond acceptors (Lipinski definition) is 4. The lowest BCUT2D eigenvalue weighted by molar-refractivity contribution is -0.141. The van der Waals surface area contributed by atoms with Gasteiger partial charge in [0.1, 0.15) is 11.0 Å². The van der Waals surface area contributed by atoms with Gasteiger partial charge in [0.25, 0.3) is 0 Å². The maximum absolute atomic E-state index is 13.1. The van der Waals surface area contributed by atoms with Crippen molar-refractivity contribution in [2.45, 2.75) is 49.6 Å². The van der Waals surface area contributed by atoms with Gasteiger partial charge in [-0.2, -0.15) is 0 Å². The van der Waals surface area contributed by atoms with Gasteiger partial charge in [-0.3, -0.25) is 4.79 Å². The predicted molar refractivity (Wildman–Crippen MR) is 86.4 cm³/mol. The van der Waals surface area contributed by atoms with Crippen LogP contribution in [0.3, 0.4) is 0 Å². The van der Waals surface area contributed by atoms with Gasteiger partial charge in [0, 0.05) is 5.92 Å². The highest BCUT2D eigenvalue weighted by molar-refractivity contribution is 7.92. The van der Waals surface area contributed by atoms with Crippen LogP contribution in [0.25, 0.3) is 0 Å². The van der Waals surface area contributed by atoms with Gasteiger partial charge in [-0.15, -0.1) is 0 Å². The molecule has 3 rings (SSSR count). The molecule has 2 aliphatic rings. The molecule has 0 aromatic heterocycles. The van der Waals surface area contributed by atoms with Crippen molar-refractivity contribution in [2.75, 3.05) is 6.61 Å². The van der Waals surface area contributed by atoms with E-state index in [1.807, 2.05) is 27.7 Å². The van der Waals surface area contributed by atoms with Gasteiger partial charge in [0.05, 0.1) is 17.5 Å². The SMILES string of the molecule is CC(C)[C@@H]1[C@H]2COC(C)(C)N2C(=O)[C@H]1S(=O)(=O)c1ccccc1. The molecule has 0 N–H and O–H groups in total. The summed E-state index contributed by atoms with van der Waals surface area (Å²) in [5, 5.41) is -1.03. The summed E-state index contributed by atoms with van der Waals surface area (Å²) in [6, 6.07) is 8.08. The van der Waals surface area contributed by atoms with E-state index >= 15 is 0 Å². The third kappa shape index (κ3) is 2.39. The summed E-state index contributed by atoms with van der Waals surface area (Å²) in [4.78, 5) is 14.9. The number of nitrogens with zero attached hydrogens (tertiary/aromatic N) is 1. The summed E-state index contributed by atoms with van der Waals surface area (Å²) in [6.07, 6.45) is 0. The quantitative estimate of drug-likeness (QED) is 0.847. The van der Waals surface area contributed by atoms with Crippen LogP contribution in [0.1, 0.15) is 27.7 Å². The Bertz CT molecular complexity index is 711. The van der Waals surface area contributed by atoms with E-state index in [1.54, 1.807) is 35.2 Å². The molecule has 1 aromatic carbocycles. The van der Waals surface area contributed by atoms with Gasteiger partial charge in [-0.05, 0) is 31.9 Å².